The number of carbonyl (C=O) groups excluding carboxylic acids is 2. The maximum Gasteiger partial charge on any atom is 0.305 e. The second-order valence-electron chi connectivity index (χ2n) is 22.1. The van der Waals surface area contributed by atoms with Crippen LogP contribution in [0.1, 0.15) is 348 Å². The molecule has 0 fully saturated rings. The number of hydrogen-bond acceptors (Lipinski definition) is 5. The summed E-state index contributed by atoms with van der Waals surface area (Å²) in [6.45, 7) is 4.94. The third-order valence-corrected chi connectivity index (χ3v) is 14.9. The molecule has 3 N–H and O–H groups in total. The van der Waals surface area contributed by atoms with Crippen molar-refractivity contribution in [3.63, 3.8) is 0 Å². The molecule has 0 saturated carbocycles. The summed E-state index contributed by atoms with van der Waals surface area (Å²) in [4.78, 5) is 24.5. The Kier molecular flexibility index (Phi) is 60.0. The molecule has 0 aromatic rings. The van der Waals surface area contributed by atoms with E-state index in [-0.39, 0.29) is 18.5 Å². The van der Waals surface area contributed by atoms with Gasteiger partial charge in [0.1, 0.15) is 0 Å². The zero-order valence-corrected chi connectivity index (χ0v) is 48.4. The fourth-order valence-electron chi connectivity index (χ4n) is 9.96. The van der Waals surface area contributed by atoms with Crippen LogP contribution in [0.25, 0.3) is 0 Å². The van der Waals surface area contributed by atoms with Crippen LogP contribution < -0.4 is 5.32 Å². The molecule has 6 nitrogen and oxygen atoms in total. The predicted octanol–water partition coefficient (Wildman–Crippen LogP) is 20.4. The van der Waals surface area contributed by atoms with Crippen LogP contribution in [0.4, 0.5) is 0 Å². The second kappa shape index (κ2) is 61.6. The van der Waals surface area contributed by atoms with Crippen molar-refractivity contribution in [3.8, 4) is 0 Å². The molecule has 0 aliphatic heterocycles. The van der Waals surface area contributed by atoms with Gasteiger partial charge >= 0.3 is 5.97 Å². The minimum absolute atomic E-state index is 0.00274. The third-order valence-electron chi connectivity index (χ3n) is 14.9. The van der Waals surface area contributed by atoms with Crippen molar-refractivity contribution >= 4 is 11.9 Å². The Morgan fingerprint density at radius 2 is 0.694 bits per heavy atom. The van der Waals surface area contributed by atoms with E-state index >= 15 is 0 Å². The number of nitrogens with one attached hydrogen (secondary N) is 1. The van der Waals surface area contributed by atoms with Crippen molar-refractivity contribution in [3.05, 3.63) is 36.5 Å². The first-order chi connectivity index (χ1) is 35.5. The first-order valence-electron chi connectivity index (χ1n) is 32.2. The quantitative estimate of drug-likeness (QED) is 0.0320. The average molecular weight is 1010 g/mol. The van der Waals surface area contributed by atoms with Crippen molar-refractivity contribution in [2.75, 3.05) is 13.2 Å². The molecular formula is C66H125NO5. The Balaban J connectivity index is 3.40. The van der Waals surface area contributed by atoms with Gasteiger partial charge in [0, 0.05) is 12.8 Å². The lowest BCUT2D eigenvalue weighted by molar-refractivity contribution is -0.143. The van der Waals surface area contributed by atoms with E-state index in [1.165, 1.54) is 263 Å². The van der Waals surface area contributed by atoms with Crippen LogP contribution in [-0.2, 0) is 14.3 Å². The molecule has 1 amide bonds. The molecule has 424 valence electrons. The van der Waals surface area contributed by atoms with Crippen LogP contribution in [-0.4, -0.2) is 47.4 Å². The fraction of sp³-hybridized carbons (Fsp3) is 0.879. The molecule has 0 rings (SSSR count). The molecule has 2 unspecified atom stereocenters. The maximum atomic E-state index is 12.5. The van der Waals surface area contributed by atoms with Gasteiger partial charge < -0.3 is 20.3 Å². The number of amides is 1. The van der Waals surface area contributed by atoms with Crippen LogP contribution >= 0.6 is 0 Å². The van der Waals surface area contributed by atoms with E-state index in [4.69, 9.17) is 4.74 Å². The molecule has 0 aromatic carbocycles. The Hall–Kier alpha value is -1.92. The van der Waals surface area contributed by atoms with Crippen molar-refractivity contribution in [2.24, 2.45) is 0 Å². The van der Waals surface area contributed by atoms with Gasteiger partial charge in [0.05, 0.1) is 25.4 Å². The SMILES string of the molecule is CCCCCC/C=C\CCCCCCCC(=O)OCCCCCCCCCCC/C=C\C/C=C\CCCCCCCCCCCCCCCC(=O)NC(CO)C(O)CCCCCCCCCCCCCCC. The highest BCUT2D eigenvalue weighted by Crippen LogP contribution is 2.17. The van der Waals surface area contributed by atoms with Crippen molar-refractivity contribution in [1.82, 2.24) is 5.32 Å². The fourth-order valence-corrected chi connectivity index (χ4v) is 9.96. The van der Waals surface area contributed by atoms with Gasteiger partial charge in [-0.1, -0.05) is 288 Å². The molecule has 0 radical (unpaired) electrons. The lowest BCUT2D eigenvalue weighted by Crippen LogP contribution is -2.45. The van der Waals surface area contributed by atoms with E-state index in [0.29, 0.717) is 25.9 Å². The van der Waals surface area contributed by atoms with Gasteiger partial charge in [-0.15, -0.1) is 0 Å². The highest BCUT2D eigenvalue weighted by molar-refractivity contribution is 5.76. The summed E-state index contributed by atoms with van der Waals surface area (Å²) in [6.07, 6.45) is 77.4. The lowest BCUT2D eigenvalue weighted by Gasteiger charge is -2.22. The minimum atomic E-state index is -0.664. The van der Waals surface area contributed by atoms with Crippen LogP contribution in [0.2, 0.25) is 0 Å². The van der Waals surface area contributed by atoms with Crippen molar-refractivity contribution in [1.29, 1.82) is 0 Å². The molecule has 0 aliphatic rings. The summed E-state index contributed by atoms with van der Waals surface area (Å²) in [7, 11) is 0. The topological polar surface area (TPSA) is 95.9 Å². The summed E-state index contributed by atoms with van der Waals surface area (Å²) in [5.41, 5.74) is 0. The van der Waals surface area contributed by atoms with Crippen molar-refractivity contribution in [2.45, 2.75) is 360 Å². The predicted molar refractivity (Wildman–Crippen MR) is 315 cm³/mol. The molecule has 0 spiro atoms. The highest BCUT2D eigenvalue weighted by Gasteiger charge is 2.20. The molecule has 0 heterocycles. The number of hydrogen-bond donors (Lipinski definition) is 3. The number of aliphatic hydroxyl groups excluding tert-OH is 2. The van der Waals surface area contributed by atoms with E-state index in [2.05, 4.69) is 55.6 Å². The van der Waals surface area contributed by atoms with Crippen LogP contribution in [0, 0.1) is 0 Å². The number of allylic oxidation sites excluding steroid dienone is 6. The van der Waals surface area contributed by atoms with E-state index < -0.39 is 12.1 Å². The first-order valence-corrected chi connectivity index (χ1v) is 32.2. The zero-order chi connectivity index (χ0) is 52.2. The molecule has 0 bridgehead atoms. The Morgan fingerprint density at radius 1 is 0.389 bits per heavy atom. The van der Waals surface area contributed by atoms with Crippen LogP contribution in [0.3, 0.4) is 0 Å². The molecule has 0 saturated heterocycles. The Morgan fingerprint density at radius 3 is 1.08 bits per heavy atom. The molecule has 2 atom stereocenters. The average Bonchev–Trinajstić information content (AvgIpc) is 3.38. The van der Waals surface area contributed by atoms with Crippen LogP contribution in [0.5, 0.6) is 0 Å². The van der Waals surface area contributed by atoms with E-state index in [1.807, 2.05) is 0 Å². The molecule has 0 aliphatic carbocycles. The number of aliphatic hydroxyl groups is 2. The van der Waals surface area contributed by atoms with E-state index in [1.54, 1.807) is 0 Å². The molecule has 72 heavy (non-hydrogen) atoms. The number of ether oxygens (including phenoxy) is 1. The lowest BCUT2D eigenvalue weighted by atomic mass is 10.0. The van der Waals surface area contributed by atoms with E-state index in [9.17, 15) is 19.8 Å². The van der Waals surface area contributed by atoms with Crippen molar-refractivity contribution < 1.29 is 24.5 Å². The van der Waals surface area contributed by atoms with Gasteiger partial charge in [-0.2, -0.15) is 0 Å². The van der Waals surface area contributed by atoms with Gasteiger partial charge in [-0.25, -0.2) is 0 Å². The number of rotatable bonds is 60. The summed E-state index contributed by atoms with van der Waals surface area (Å²) in [5.74, 6) is -0.0323. The number of carbonyl (C=O) groups is 2. The standard InChI is InChI=1S/C66H125NO5/c1-3-5-7-9-11-13-15-34-38-42-46-50-54-58-64(69)63(62-68)67-65(70)59-55-51-47-43-39-36-32-30-28-26-24-22-20-18-17-19-21-23-25-27-29-31-33-37-41-45-49-53-57-61-72-66(71)60-56-52-48-44-40-35-16-14-12-10-8-6-4-2/h14,16-17,19,23,25,63-64,68-69H,3-13,15,18,20-22,24,26-62H2,1-2H3,(H,67,70)/b16-14-,19-17-,25-23-. The highest BCUT2D eigenvalue weighted by atomic mass is 16.5. The molecule has 0 aromatic heterocycles. The largest absolute Gasteiger partial charge is 0.466 e. The zero-order valence-electron chi connectivity index (χ0n) is 48.4. The third kappa shape index (κ3) is 57.4. The van der Waals surface area contributed by atoms with Gasteiger partial charge in [-0.3, -0.25) is 9.59 Å². The Labute approximate surface area is 449 Å². The number of unbranched alkanes of at least 4 members (excludes halogenated alkanes) is 43. The monoisotopic (exact) mass is 1010 g/mol. The summed E-state index contributed by atoms with van der Waals surface area (Å²) in [6, 6.07) is -0.542. The Bertz CT molecular complexity index is 1170. The first kappa shape index (κ1) is 70.1. The van der Waals surface area contributed by atoms with Gasteiger partial charge in [0.25, 0.3) is 0 Å². The summed E-state index contributed by atoms with van der Waals surface area (Å²) < 4.78 is 5.47. The second-order valence-corrected chi connectivity index (χ2v) is 22.1. The maximum absolute atomic E-state index is 12.5. The summed E-state index contributed by atoms with van der Waals surface area (Å²) >= 11 is 0. The smallest absolute Gasteiger partial charge is 0.305 e. The molecular weight excluding hydrogens is 887 g/mol. The van der Waals surface area contributed by atoms with Gasteiger partial charge in [0.2, 0.25) is 5.91 Å². The van der Waals surface area contributed by atoms with Gasteiger partial charge in [0.15, 0.2) is 0 Å². The van der Waals surface area contributed by atoms with Crippen LogP contribution in [0.15, 0.2) is 36.5 Å². The van der Waals surface area contributed by atoms with E-state index in [0.717, 1.165) is 51.4 Å². The molecule has 6 heteroatoms. The summed E-state index contributed by atoms with van der Waals surface area (Å²) in [5, 5.41) is 23.3. The van der Waals surface area contributed by atoms with Gasteiger partial charge in [-0.05, 0) is 83.5 Å². The normalized spacial score (nSPS) is 12.8. The number of esters is 1. The minimum Gasteiger partial charge on any atom is -0.466 e.